The summed E-state index contributed by atoms with van der Waals surface area (Å²) in [6, 6.07) is 10.8. The Kier molecular flexibility index (Phi) is 5.59. The average Bonchev–Trinajstić information content (AvgIpc) is 3.10. The molecule has 0 saturated heterocycles. The molecule has 0 radical (unpaired) electrons. The molecule has 0 atom stereocenters. The van der Waals surface area contributed by atoms with Gasteiger partial charge in [-0.3, -0.25) is 4.79 Å². The number of ether oxygens (including phenoxy) is 1. The number of hydrogen-bond acceptors (Lipinski definition) is 4. The predicted molar refractivity (Wildman–Crippen MR) is 108 cm³/mol. The maximum atomic E-state index is 12.5. The van der Waals surface area contributed by atoms with Crippen molar-refractivity contribution in [2.75, 3.05) is 12.4 Å². The molecule has 0 aliphatic rings. The first kappa shape index (κ1) is 18.4. The van der Waals surface area contributed by atoms with Gasteiger partial charge in [-0.2, -0.15) is 0 Å². The van der Waals surface area contributed by atoms with Crippen LogP contribution in [0.1, 0.15) is 27.9 Å². The number of thiazole rings is 1. The summed E-state index contributed by atoms with van der Waals surface area (Å²) in [5, 5.41) is 6.52. The van der Waals surface area contributed by atoms with Crippen LogP contribution in [0.5, 0.6) is 5.75 Å². The number of halogens is 1. The number of aromatic nitrogens is 1. The van der Waals surface area contributed by atoms with Gasteiger partial charge in [0.1, 0.15) is 5.75 Å². The summed E-state index contributed by atoms with van der Waals surface area (Å²) in [4.78, 5) is 17.1. The summed E-state index contributed by atoms with van der Waals surface area (Å²) in [7, 11) is 1.60. The van der Waals surface area contributed by atoms with Gasteiger partial charge in [-0.05, 0) is 55.3 Å². The Morgan fingerprint density at radius 1 is 1.27 bits per heavy atom. The van der Waals surface area contributed by atoms with Crippen LogP contribution in [0.4, 0.5) is 5.69 Å². The van der Waals surface area contributed by atoms with Gasteiger partial charge >= 0.3 is 0 Å². The van der Waals surface area contributed by atoms with Crippen LogP contribution in [-0.4, -0.2) is 18.0 Å². The molecule has 0 spiro atoms. The normalized spacial score (nSPS) is 10.6. The van der Waals surface area contributed by atoms with E-state index in [4.69, 9.17) is 16.3 Å². The molecule has 1 heterocycles. The molecule has 0 saturated carbocycles. The van der Waals surface area contributed by atoms with E-state index in [0.29, 0.717) is 16.3 Å². The molecule has 2 aromatic carbocycles. The van der Waals surface area contributed by atoms with Gasteiger partial charge < -0.3 is 10.1 Å². The van der Waals surface area contributed by atoms with Gasteiger partial charge in [0.25, 0.3) is 5.91 Å². The third-order valence-corrected chi connectivity index (χ3v) is 5.34. The molecule has 6 heteroatoms. The Balaban J connectivity index is 1.80. The summed E-state index contributed by atoms with van der Waals surface area (Å²) in [5.41, 5.74) is 3.81. The summed E-state index contributed by atoms with van der Waals surface area (Å²) < 4.78 is 5.17. The number of aryl methyl sites for hydroxylation is 2. The molecule has 1 amide bonds. The first-order chi connectivity index (χ1) is 12.5. The van der Waals surface area contributed by atoms with Crippen molar-refractivity contribution < 1.29 is 9.53 Å². The highest BCUT2D eigenvalue weighted by atomic mass is 35.5. The van der Waals surface area contributed by atoms with Crippen molar-refractivity contribution in [1.29, 1.82) is 0 Å². The Bertz CT molecular complexity index is 953. The van der Waals surface area contributed by atoms with Crippen LogP contribution in [0.3, 0.4) is 0 Å². The SMILES string of the molecule is CCc1nc(-c2ccc(NC(=O)c3ccc(OC)cc3C)cc2Cl)cs1. The van der Waals surface area contributed by atoms with Crippen molar-refractivity contribution in [3.05, 3.63) is 62.9 Å². The van der Waals surface area contributed by atoms with E-state index >= 15 is 0 Å². The molecule has 0 unspecified atom stereocenters. The third-order valence-electron chi connectivity index (χ3n) is 4.04. The third kappa shape index (κ3) is 3.89. The van der Waals surface area contributed by atoms with Crippen molar-refractivity contribution in [2.45, 2.75) is 20.3 Å². The van der Waals surface area contributed by atoms with Crippen molar-refractivity contribution in [2.24, 2.45) is 0 Å². The lowest BCUT2D eigenvalue weighted by Crippen LogP contribution is -2.13. The van der Waals surface area contributed by atoms with Crippen LogP contribution in [0, 0.1) is 6.92 Å². The van der Waals surface area contributed by atoms with Crippen molar-refractivity contribution in [1.82, 2.24) is 4.98 Å². The fraction of sp³-hybridized carbons (Fsp3) is 0.200. The van der Waals surface area contributed by atoms with E-state index in [2.05, 4.69) is 17.2 Å². The van der Waals surface area contributed by atoms with Gasteiger partial charge in [0.05, 0.1) is 22.8 Å². The number of carbonyl (C=O) groups excluding carboxylic acids is 1. The van der Waals surface area contributed by atoms with Crippen LogP contribution in [0.15, 0.2) is 41.8 Å². The minimum Gasteiger partial charge on any atom is -0.497 e. The van der Waals surface area contributed by atoms with E-state index in [-0.39, 0.29) is 5.91 Å². The lowest BCUT2D eigenvalue weighted by Gasteiger charge is -2.10. The molecule has 134 valence electrons. The van der Waals surface area contributed by atoms with Crippen LogP contribution in [-0.2, 0) is 6.42 Å². The fourth-order valence-corrected chi connectivity index (χ4v) is 3.64. The van der Waals surface area contributed by atoms with E-state index in [1.807, 2.05) is 30.5 Å². The monoisotopic (exact) mass is 386 g/mol. The topological polar surface area (TPSA) is 51.2 Å². The quantitative estimate of drug-likeness (QED) is 0.621. The number of nitrogens with one attached hydrogen (secondary N) is 1. The largest absolute Gasteiger partial charge is 0.497 e. The molecule has 4 nitrogen and oxygen atoms in total. The molecule has 3 rings (SSSR count). The predicted octanol–water partition coefficient (Wildman–Crippen LogP) is 5.60. The Labute approximate surface area is 161 Å². The number of carbonyl (C=O) groups is 1. The number of hydrogen-bond donors (Lipinski definition) is 1. The standard InChI is InChI=1S/C20H19ClN2O2S/c1-4-19-23-18(11-26-19)16-7-5-13(10-17(16)21)22-20(24)15-8-6-14(25-3)9-12(15)2/h5-11H,4H2,1-3H3,(H,22,24). The molecule has 0 aliphatic carbocycles. The van der Waals surface area contributed by atoms with E-state index in [9.17, 15) is 4.79 Å². The fourth-order valence-electron chi connectivity index (χ4n) is 2.61. The van der Waals surface area contributed by atoms with Gasteiger partial charge in [0.2, 0.25) is 0 Å². The highest BCUT2D eigenvalue weighted by molar-refractivity contribution is 7.09. The Morgan fingerprint density at radius 3 is 2.69 bits per heavy atom. The second-order valence-electron chi connectivity index (χ2n) is 5.81. The number of benzene rings is 2. The number of rotatable bonds is 5. The maximum absolute atomic E-state index is 12.5. The lowest BCUT2D eigenvalue weighted by atomic mass is 10.1. The molecule has 0 aliphatic heterocycles. The minimum absolute atomic E-state index is 0.184. The van der Waals surface area contributed by atoms with Gasteiger partial charge in [-0.25, -0.2) is 4.98 Å². The summed E-state index contributed by atoms with van der Waals surface area (Å²) in [5.74, 6) is 0.539. The zero-order valence-corrected chi connectivity index (χ0v) is 16.4. The molecular weight excluding hydrogens is 368 g/mol. The van der Waals surface area contributed by atoms with Gasteiger partial charge in [0, 0.05) is 22.2 Å². The summed E-state index contributed by atoms with van der Waals surface area (Å²) >= 11 is 8.03. The van der Waals surface area contributed by atoms with Gasteiger partial charge in [-0.1, -0.05) is 18.5 Å². The van der Waals surface area contributed by atoms with E-state index in [0.717, 1.165) is 34.0 Å². The maximum Gasteiger partial charge on any atom is 0.255 e. The molecule has 1 N–H and O–H groups in total. The molecule has 3 aromatic rings. The molecule has 1 aromatic heterocycles. The van der Waals surface area contributed by atoms with E-state index in [1.54, 1.807) is 36.6 Å². The molecular formula is C20H19ClN2O2S. The van der Waals surface area contributed by atoms with Crippen molar-refractivity contribution in [3.63, 3.8) is 0 Å². The first-order valence-electron chi connectivity index (χ1n) is 8.22. The molecule has 26 heavy (non-hydrogen) atoms. The number of amides is 1. The average molecular weight is 387 g/mol. The lowest BCUT2D eigenvalue weighted by molar-refractivity contribution is 0.102. The number of methoxy groups -OCH3 is 1. The van der Waals surface area contributed by atoms with Gasteiger partial charge in [-0.15, -0.1) is 11.3 Å². The highest BCUT2D eigenvalue weighted by Gasteiger charge is 2.13. The second-order valence-corrected chi connectivity index (χ2v) is 7.16. The second kappa shape index (κ2) is 7.89. The van der Waals surface area contributed by atoms with Crippen LogP contribution >= 0.6 is 22.9 Å². The van der Waals surface area contributed by atoms with Crippen LogP contribution < -0.4 is 10.1 Å². The zero-order valence-electron chi connectivity index (χ0n) is 14.8. The van der Waals surface area contributed by atoms with Crippen LogP contribution in [0.2, 0.25) is 5.02 Å². The number of nitrogens with zero attached hydrogens (tertiary/aromatic N) is 1. The smallest absolute Gasteiger partial charge is 0.255 e. The van der Waals surface area contributed by atoms with Crippen molar-refractivity contribution >= 4 is 34.5 Å². The Hall–Kier alpha value is -2.37. The van der Waals surface area contributed by atoms with Gasteiger partial charge in [0.15, 0.2) is 0 Å². The summed E-state index contributed by atoms with van der Waals surface area (Å²) in [6.45, 7) is 3.95. The minimum atomic E-state index is -0.184. The highest BCUT2D eigenvalue weighted by Crippen LogP contribution is 2.31. The Morgan fingerprint density at radius 2 is 2.08 bits per heavy atom. The zero-order chi connectivity index (χ0) is 18.7. The number of anilines is 1. The van der Waals surface area contributed by atoms with Crippen molar-refractivity contribution in [3.8, 4) is 17.0 Å². The molecule has 0 fully saturated rings. The van der Waals surface area contributed by atoms with E-state index in [1.165, 1.54) is 0 Å². The molecule has 0 bridgehead atoms. The van der Waals surface area contributed by atoms with E-state index < -0.39 is 0 Å². The van der Waals surface area contributed by atoms with Crippen LogP contribution in [0.25, 0.3) is 11.3 Å². The summed E-state index contributed by atoms with van der Waals surface area (Å²) in [6.07, 6.45) is 0.900. The first-order valence-corrected chi connectivity index (χ1v) is 9.48.